The average molecular weight is 557 g/mol. The fourth-order valence-electron chi connectivity index (χ4n) is 12.2. The van der Waals surface area contributed by atoms with Crippen molar-refractivity contribution < 1.29 is 23.8 Å². The summed E-state index contributed by atoms with van der Waals surface area (Å²) in [6.45, 7) is 13.3. The third-order valence-electron chi connectivity index (χ3n) is 14.2. The number of nitrogens with zero attached hydrogens (tertiary/aromatic N) is 1. The third-order valence-corrected chi connectivity index (χ3v) is 14.2. The zero-order valence-corrected chi connectivity index (χ0v) is 25.5. The molecule has 7 fully saturated rings. The Morgan fingerprint density at radius 3 is 2.35 bits per heavy atom. The van der Waals surface area contributed by atoms with E-state index in [0.717, 1.165) is 57.0 Å². The van der Waals surface area contributed by atoms with Crippen molar-refractivity contribution in [1.82, 2.24) is 4.90 Å². The zero-order chi connectivity index (χ0) is 28.2. The number of primary amides is 1. The molecule has 7 nitrogen and oxygen atoms in total. The molecular weight excluding hydrogens is 504 g/mol. The van der Waals surface area contributed by atoms with Crippen LogP contribution in [0.2, 0.25) is 0 Å². The van der Waals surface area contributed by atoms with Crippen LogP contribution < -0.4 is 5.73 Å². The van der Waals surface area contributed by atoms with E-state index in [2.05, 4.69) is 34.6 Å². The van der Waals surface area contributed by atoms with Gasteiger partial charge in [0.1, 0.15) is 12.2 Å². The molecular formula is C33H52N2O5. The minimum atomic E-state index is -0.692. The number of rotatable bonds is 4. The molecule has 2 N–H and O–H groups in total. The molecule has 11 unspecified atom stereocenters. The van der Waals surface area contributed by atoms with E-state index in [9.17, 15) is 9.59 Å². The summed E-state index contributed by atoms with van der Waals surface area (Å²) in [5.41, 5.74) is 6.73. The highest BCUT2D eigenvalue weighted by molar-refractivity contribution is 5.68. The van der Waals surface area contributed by atoms with Crippen LogP contribution in [-0.2, 0) is 14.2 Å². The standard InChI is InChI=1S/C33H52N2O5/c1-19(2)27(40-28(34)36)23-9-7-21-24(38-23)17-22-20-8-10-25-30(3,4)26(39-29(37)35-15-6-16-35)11-12-33(25)18-32(20,33)14-13-31(21,22)5/h19-27H,6-18H2,1-5H3,(H2,34,36). The van der Waals surface area contributed by atoms with Crippen LogP contribution in [0.3, 0.4) is 0 Å². The number of amides is 2. The van der Waals surface area contributed by atoms with Crippen LogP contribution >= 0.6 is 0 Å². The first kappa shape index (κ1) is 27.3. The first-order chi connectivity index (χ1) is 18.9. The van der Waals surface area contributed by atoms with Crippen LogP contribution in [0.4, 0.5) is 9.59 Å². The highest BCUT2D eigenvalue weighted by atomic mass is 16.6. The molecule has 2 amide bonds. The molecule has 5 saturated carbocycles. The molecule has 2 heterocycles. The van der Waals surface area contributed by atoms with Gasteiger partial charge in [0.15, 0.2) is 0 Å². The predicted octanol–water partition coefficient (Wildman–Crippen LogP) is 6.52. The van der Waals surface area contributed by atoms with Gasteiger partial charge in [0.05, 0.1) is 12.2 Å². The monoisotopic (exact) mass is 556 g/mol. The maximum atomic E-state index is 12.8. The third kappa shape index (κ3) is 3.63. The van der Waals surface area contributed by atoms with E-state index in [4.69, 9.17) is 19.9 Å². The fourth-order valence-corrected chi connectivity index (χ4v) is 12.2. The minimum Gasteiger partial charge on any atom is -0.446 e. The van der Waals surface area contributed by atoms with E-state index in [0.29, 0.717) is 28.1 Å². The van der Waals surface area contributed by atoms with Crippen LogP contribution in [0, 0.1) is 51.2 Å². The molecule has 2 aliphatic heterocycles. The molecule has 7 rings (SSSR count). The Kier molecular flexibility index (Phi) is 6.15. The number of likely N-dealkylation sites (tertiary alicyclic amines) is 1. The Morgan fingerprint density at radius 1 is 0.925 bits per heavy atom. The van der Waals surface area contributed by atoms with Crippen molar-refractivity contribution in [2.45, 2.75) is 130 Å². The maximum Gasteiger partial charge on any atom is 0.410 e. The van der Waals surface area contributed by atoms with Crippen molar-refractivity contribution in [3.8, 4) is 0 Å². The van der Waals surface area contributed by atoms with E-state index in [1.54, 1.807) is 0 Å². The first-order valence-electron chi connectivity index (χ1n) is 16.5. The van der Waals surface area contributed by atoms with Gasteiger partial charge >= 0.3 is 12.2 Å². The van der Waals surface area contributed by atoms with Gasteiger partial charge in [-0.1, -0.05) is 34.6 Å². The van der Waals surface area contributed by atoms with Gasteiger partial charge in [-0.15, -0.1) is 0 Å². The average Bonchev–Trinajstić information content (AvgIpc) is 3.43. The minimum absolute atomic E-state index is 0.0281. The summed E-state index contributed by atoms with van der Waals surface area (Å²) < 4.78 is 18.6. The zero-order valence-electron chi connectivity index (χ0n) is 25.5. The number of carbonyl (C=O) groups is 2. The summed E-state index contributed by atoms with van der Waals surface area (Å²) in [5.74, 6) is 2.93. The van der Waals surface area contributed by atoms with E-state index >= 15 is 0 Å². The SMILES string of the molecule is CC(C)C(OC(N)=O)C1CCC2C(CC3C4CCC5C(C)(C)C(OC(=O)N6CCC6)CCC56CC46CCC23C)O1. The van der Waals surface area contributed by atoms with Crippen molar-refractivity contribution in [2.24, 2.45) is 57.0 Å². The van der Waals surface area contributed by atoms with Gasteiger partial charge in [-0.25, -0.2) is 9.59 Å². The molecule has 7 heteroatoms. The smallest absolute Gasteiger partial charge is 0.410 e. The Morgan fingerprint density at radius 2 is 1.68 bits per heavy atom. The summed E-state index contributed by atoms with van der Waals surface area (Å²) in [6, 6.07) is 0. The molecule has 0 aromatic carbocycles. The summed E-state index contributed by atoms with van der Waals surface area (Å²) in [7, 11) is 0. The normalized spacial score (nSPS) is 48.9. The Balaban J connectivity index is 1.08. The van der Waals surface area contributed by atoms with E-state index in [1.165, 1.54) is 38.5 Å². The van der Waals surface area contributed by atoms with Gasteiger partial charge in [0.2, 0.25) is 0 Å². The van der Waals surface area contributed by atoms with Gasteiger partial charge in [0.25, 0.3) is 0 Å². The second kappa shape index (κ2) is 9.00. The van der Waals surface area contributed by atoms with Gasteiger partial charge < -0.3 is 24.8 Å². The van der Waals surface area contributed by atoms with Gasteiger partial charge in [-0.05, 0) is 116 Å². The van der Waals surface area contributed by atoms with Crippen molar-refractivity contribution in [3.05, 3.63) is 0 Å². The lowest BCUT2D eigenvalue weighted by Gasteiger charge is -2.59. The molecule has 7 aliphatic rings. The molecule has 224 valence electrons. The van der Waals surface area contributed by atoms with Crippen LogP contribution in [0.5, 0.6) is 0 Å². The van der Waals surface area contributed by atoms with Crippen molar-refractivity contribution in [1.29, 1.82) is 0 Å². The quantitative estimate of drug-likeness (QED) is 0.425. The lowest BCUT2D eigenvalue weighted by atomic mass is 9.46. The van der Waals surface area contributed by atoms with Crippen LogP contribution in [0.1, 0.15) is 105 Å². The van der Waals surface area contributed by atoms with E-state index in [1.807, 2.05) is 4.90 Å². The Bertz CT molecular complexity index is 1060. The van der Waals surface area contributed by atoms with E-state index in [-0.39, 0.29) is 41.8 Å². The number of ether oxygens (including phenoxy) is 3. The number of carbonyl (C=O) groups excluding carboxylic acids is 2. The molecule has 5 aliphatic carbocycles. The molecule has 0 aromatic heterocycles. The highest BCUT2D eigenvalue weighted by Gasteiger charge is 2.81. The summed E-state index contributed by atoms with van der Waals surface area (Å²) >= 11 is 0. The second-order valence-electron chi connectivity index (χ2n) is 16.2. The van der Waals surface area contributed by atoms with E-state index < -0.39 is 6.09 Å². The lowest BCUT2D eigenvalue weighted by molar-refractivity contribution is -0.149. The number of hydrogen-bond acceptors (Lipinski definition) is 5. The number of fused-ring (bicyclic) bond motifs is 4. The second-order valence-corrected chi connectivity index (χ2v) is 16.2. The molecule has 0 bridgehead atoms. The van der Waals surface area contributed by atoms with Gasteiger partial charge in [0, 0.05) is 18.5 Å². The molecule has 2 saturated heterocycles. The molecule has 2 spiro atoms. The largest absolute Gasteiger partial charge is 0.446 e. The summed E-state index contributed by atoms with van der Waals surface area (Å²) in [5, 5.41) is 0. The maximum absolute atomic E-state index is 12.8. The van der Waals surface area contributed by atoms with Crippen molar-refractivity contribution in [2.75, 3.05) is 13.1 Å². The molecule has 0 aromatic rings. The molecule has 40 heavy (non-hydrogen) atoms. The Labute approximate surface area is 240 Å². The summed E-state index contributed by atoms with van der Waals surface area (Å²) in [4.78, 5) is 26.3. The number of hydrogen-bond donors (Lipinski definition) is 1. The predicted molar refractivity (Wildman–Crippen MR) is 151 cm³/mol. The van der Waals surface area contributed by atoms with Gasteiger partial charge in [-0.3, -0.25) is 0 Å². The highest BCUT2D eigenvalue weighted by Crippen LogP contribution is 2.87. The number of nitrogens with two attached hydrogens (primary N) is 1. The molecule has 0 radical (unpaired) electrons. The topological polar surface area (TPSA) is 91.1 Å². The van der Waals surface area contributed by atoms with Crippen molar-refractivity contribution >= 4 is 12.2 Å². The van der Waals surface area contributed by atoms with Crippen LogP contribution in [0.15, 0.2) is 0 Å². The summed E-state index contributed by atoms with van der Waals surface area (Å²) in [6.07, 6.45) is 12.5. The first-order valence-corrected chi connectivity index (χ1v) is 16.5. The lowest BCUT2D eigenvalue weighted by Crippen LogP contribution is -2.56. The molecule has 11 atom stereocenters. The van der Waals surface area contributed by atoms with Crippen LogP contribution in [-0.4, -0.2) is 54.6 Å². The van der Waals surface area contributed by atoms with Crippen LogP contribution in [0.25, 0.3) is 0 Å². The fraction of sp³-hybridized carbons (Fsp3) is 0.939. The van der Waals surface area contributed by atoms with Crippen molar-refractivity contribution in [3.63, 3.8) is 0 Å². The Hall–Kier alpha value is -1.50. The van der Waals surface area contributed by atoms with Gasteiger partial charge in [-0.2, -0.15) is 0 Å².